The number of benzene rings is 1. The van der Waals surface area contributed by atoms with Gasteiger partial charge in [-0.05, 0) is 12.1 Å². The first kappa shape index (κ1) is 13.2. The van der Waals surface area contributed by atoms with Gasteiger partial charge in [0.2, 0.25) is 0 Å². The number of methoxy groups -OCH3 is 1. The van der Waals surface area contributed by atoms with Gasteiger partial charge < -0.3 is 9.47 Å². The number of morpholine rings is 1. The number of Topliss-reactive ketones (excluding diaryl/α,β-unsaturated/α-hetero) is 1. The molecule has 1 fully saturated rings. The second-order valence-corrected chi connectivity index (χ2v) is 3.99. The van der Waals surface area contributed by atoms with Crippen molar-refractivity contribution in [2.24, 2.45) is 0 Å². The number of rotatable bonds is 4. The standard InChI is InChI=1S/C13H13NO5/c1-18-11-5-3-2-4-9(11)10(15)6-14-12(16)7-19-8-13(14)17/h2-5H,6-8H2,1H3. The SMILES string of the molecule is COc1ccccc1C(=O)CN1C(=O)COCC1=O. The van der Waals surface area contributed by atoms with E-state index in [1.807, 2.05) is 0 Å². The molecule has 0 aromatic heterocycles. The lowest BCUT2D eigenvalue weighted by atomic mass is 10.1. The Morgan fingerprint density at radius 2 is 1.89 bits per heavy atom. The van der Waals surface area contributed by atoms with Crippen LogP contribution >= 0.6 is 0 Å². The summed E-state index contributed by atoms with van der Waals surface area (Å²) < 4.78 is 9.86. The Labute approximate surface area is 109 Å². The highest BCUT2D eigenvalue weighted by Gasteiger charge is 2.29. The van der Waals surface area contributed by atoms with Gasteiger partial charge in [0.15, 0.2) is 5.78 Å². The summed E-state index contributed by atoms with van der Waals surface area (Å²) in [6.45, 7) is -0.642. The molecule has 0 atom stereocenters. The second-order valence-electron chi connectivity index (χ2n) is 3.99. The molecule has 0 saturated carbocycles. The number of hydrogen-bond donors (Lipinski definition) is 0. The van der Waals surface area contributed by atoms with Gasteiger partial charge in [-0.1, -0.05) is 12.1 Å². The Kier molecular flexibility index (Phi) is 3.91. The summed E-state index contributed by atoms with van der Waals surface area (Å²) in [6, 6.07) is 6.67. The zero-order chi connectivity index (χ0) is 13.8. The van der Waals surface area contributed by atoms with Crippen molar-refractivity contribution in [1.82, 2.24) is 4.90 Å². The maximum absolute atomic E-state index is 12.1. The van der Waals surface area contributed by atoms with E-state index in [2.05, 4.69) is 0 Å². The molecule has 2 amide bonds. The monoisotopic (exact) mass is 263 g/mol. The van der Waals surface area contributed by atoms with Crippen LogP contribution in [0.1, 0.15) is 10.4 Å². The number of para-hydroxylation sites is 1. The Bertz CT molecular complexity index is 510. The van der Waals surface area contributed by atoms with E-state index in [0.717, 1.165) is 4.90 Å². The summed E-state index contributed by atoms with van der Waals surface area (Å²) >= 11 is 0. The van der Waals surface area contributed by atoms with Gasteiger partial charge in [-0.15, -0.1) is 0 Å². The molecule has 1 aromatic carbocycles. The highest BCUT2D eigenvalue weighted by atomic mass is 16.5. The summed E-state index contributed by atoms with van der Waals surface area (Å²) in [5, 5.41) is 0. The van der Waals surface area contributed by atoms with Crippen LogP contribution in [-0.2, 0) is 14.3 Å². The van der Waals surface area contributed by atoms with Crippen LogP contribution in [0.4, 0.5) is 0 Å². The van der Waals surface area contributed by atoms with E-state index in [-0.39, 0.29) is 25.5 Å². The second kappa shape index (κ2) is 5.62. The van der Waals surface area contributed by atoms with Crippen molar-refractivity contribution in [3.63, 3.8) is 0 Å². The Morgan fingerprint density at radius 1 is 1.26 bits per heavy atom. The molecule has 1 saturated heterocycles. The first-order valence-electron chi connectivity index (χ1n) is 5.70. The third kappa shape index (κ3) is 2.79. The maximum atomic E-state index is 12.1. The minimum Gasteiger partial charge on any atom is -0.496 e. The fraction of sp³-hybridized carbons (Fsp3) is 0.308. The molecule has 2 rings (SSSR count). The zero-order valence-corrected chi connectivity index (χ0v) is 10.4. The number of imide groups is 1. The molecule has 1 aliphatic heterocycles. The lowest BCUT2D eigenvalue weighted by Crippen LogP contribution is -2.48. The van der Waals surface area contributed by atoms with Crippen LogP contribution in [0.15, 0.2) is 24.3 Å². The van der Waals surface area contributed by atoms with Crippen molar-refractivity contribution in [3.05, 3.63) is 29.8 Å². The molecule has 6 nitrogen and oxygen atoms in total. The highest BCUT2D eigenvalue weighted by Crippen LogP contribution is 2.18. The number of hydrogen-bond acceptors (Lipinski definition) is 5. The first-order valence-corrected chi connectivity index (χ1v) is 5.70. The molecule has 19 heavy (non-hydrogen) atoms. The third-order valence-corrected chi connectivity index (χ3v) is 2.76. The molecule has 1 aliphatic rings. The minimum absolute atomic E-state index is 0.176. The topological polar surface area (TPSA) is 72.9 Å². The normalized spacial score (nSPS) is 15.5. The number of ketones is 1. The predicted octanol–water partition coefficient (Wildman–Crippen LogP) is 0.263. The fourth-order valence-electron chi connectivity index (χ4n) is 1.80. The summed E-state index contributed by atoms with van der Waals surface area (Å²) in [6.07, 6.45) is 0. The maximum Gasteiger partial charge on any atom is 0.255 e. The predicted molar refractivity (Wildman–Crippen MR) is 64.9 cm³/mol. The van der Waals surface area contributed by atoms with Crippen LogP contribution < -0.4 is 4.74 Å². The lowest BCUT2D eigenvalue weighted by molar-refractivity contribution is -0.157. The van der Waals surface area contributed by atoms with E-state index >= 15 is 0 Å². The van der Waals surface area contributed by atoms with Gasteiger partial charge in [0.05, 0.1) is 19.2 Å². The average molecular weight is 263 g/mol. The summed E-state index contributed by atoms with van der Waals surface area (Å²) in [7, 11) is 1.46. The van der Waals surface area contributed by atoms with E-state index < -0.39 is 11.8 Å². The molecular formula is C13H13NO5. The lowest BCUT2D eigenvalue weighted by Gasteiger charge is -2.24. The highest BCUT2D eigenvalue weighted by molar-refractivity contribution is 6.06. The number of ether oxygens (including phenoxy) is 2. The van der Waals surface area contributed by atoms with E-state index in [1.165, 1.54) is 7.11 Å². The number of amides is 2. The number of carbonyl (C=O) groups excluding carboxylic acids is 3. The van der Waals surface area contributed by atoms with Crippen LogP contribution in [0.25, 0.3) is 0 Å². The van der Waals surface area contributed by atoms with Crippen molar-refractivity contribution < 1.29 is 23.9 Å². The fourth-order valence-corrected chi connectivity index (χ4v) is 1.80. The largest absolute Gasteiger partial charge is 0.496 e. The van der Waals surface area contributed by atoms with E-state index in [4.69, 9.17) is 9.47 Å². The Morgan fingerprint density at radius 3 is 2.53 bits per heavy atom. The molecule has 6 heteroatoms. The van der Waals surface area contributed by atoms with Gasteiger partial charge >= 0.3 is 0 Å². The molecule has 0 N–H and O–H groups in total. The molecule has 0 aliphatic carbocycles. The summed E-state index contributed by atoms with van der Waals surface area (Å²) in [4.78, 5) is 36.1. The van der Waals surface area contributed by atoms with E-state index in [1.54, 1.807) is 24.3 Å². The first-order chi connectivity index (χ1) is 9.13. The molecule has 1 heterocycles. The molecule has 100 valence electrons. The van der Waals surface area contributed by atoms with Crippen LogP contribution in [-0.4, -0.2) is 49.4 Å². The van der Waals surface area contributed by atoms with Crippen LogP contribution in [0, 0.1) is 0 Å². The van der Waals surface area contributed by atoms with E-state index in [9.17, 15) is 14.4 Å². The van der Waals surface area contributed by atoms with Gasteiger partial charge in [0, 0.05) is 0 Å². The Hall–Kier alpha value is -2.21. The van der Waals surface area contributed by atoms with Crippen molar-refractivity contribution in [2.45, 2.75) is 0 Å². The third-order valence-electron chi connectivity index (χ3n) is 2.76. The summed E-state index contributed by atoms with van der Waals surface area (Å²) in [5.74, 6) is -0.930. The minimum atomic E-state index is -0.500. The molecule has 0 unspecified atom stereocenters. The van der Waals surface area contributed by atoms with Gasteiger partial charge in [0.25, 0.3) is 11.8 Å². The van der Waals surface area contributed by atoms with Crippen molar-refractivity contribution in [1.29, 1.82) is 0 Å². The van der Waals surface area contributed by atoms with Gasteiger partial charge in [0.1, 0.15) is 19.0 Å². The van der Waals surface area contributed by atoms with Gasteiger partial charge in [-0.25, -0.2) is 0 Å². The number of carbonyl (C=O) groups is 3. The van der Waals surface area contributed by atoms with E-state index in [0.29, 0.717) is 11.3 Å². The zero-order valence-electron chi connectivity index (χ0n) is 10.4. The molecule has 0 spiro atoms. The quantitative estimate of drug-likeness (QED) is 0.575. The van der Waals surface area contributed by atoms with Crippen LogP contribution in [0.5, 0.6) is 5.75 Å². The molecular weight excluding hydrogens is 250 g/mol. The average Bonchev–Trinajstić information content (AvgIpc) is 2.42. The molecule has 0 bridgehead atoms. The smallest absolute Gasteiger partial charge is 0.255 e. The van der Waals surface area contributed by atoms with Gasteiger partial charge in [-0.2, -0.15) is 0 Å². The van der Waals surface area contributed by atoms with Crippen LogP contribution in [0.2, 0.25) is 0 Å². The Balaban J connectivity index is 2.16. The van der Waals surface area contributed by atoms with Crippen LogP contribution in [0.3, 0.4) is 0 Å². The molecule has 0 radical (unpaired) electrons. The van der Waals surface area contributed by atoms with Crippen molar-refractivity contribution in [3.8, 4) is 5.75 Å². The van der Waals surface area contributed by atoms with Crippen molar-refractivity contribution >= 4 is 17.6 Å². The molecule has 1 aromatic rings. The van der Waals surface area contributed by atoms with Crippen molar-refractivity contribution in [2.75, 3.05) is 26.9 Å². The number of nitrogens with zero attached hydrogens (tertiary/aromatic N) is 1. The summed E-state index contributed by atoms with van der Waals surface area (Å²) in [5.41, 5.74) is 0.345. The van der Waals surface area contributed by atoms with Gasteiger partial charge in [-0.3, -0.25) is 19.3 Å².